The molecule has 0 saturated heterocycles. The van der Waals surface area contributed by atoms with Gasteiger partial charge in [-0.25, -0.2) is 4.79 Å². The first-order valence-corrected chi connectivity index (χ1v) is 6.36. The van der Waals surface area contributed by atoms with E-state index in [-0.39, 0.29) is 6.54 Å². The summed E-state index contributed by atoms with van der Waals surface area (Å²) in [6.07, 6.45) is 2.73. The Morgan fingerprint density at radius 2 is 2.00 bits per heavy atom. The summed E-state index contributed by atoms with van der Waals surface area (Å²) in [6.45, 7) is 7.28. The minimum atomic E-state index is -0.715. The highest BCUT2D eigenvalue weighted by Gasteiger charge is 2.29. The second kappa shape index (κ2) is 6.14. The third kappa shape index (κ3) is 6.33. The number of carbonyl (C=O) groups is 1. The van der Waals surface area contributed by atoms with Crippen molar-refractivity contribution in [3.8, 4) is 0 Å². The van der Waals surface area contributed by atoms with Crippen molar-refractivity contribution < 1.29 is 24.1 Å². The highest BCUT2D eigenvalue weighted by Crippen LogP contribution is 2.25. The van der Waals surface area contributed by atoms with Gasteiger partial charge in [-0.1, -0.05) is 0 Å². The van der Waals surface area contributed by atoms with E-state index in [1.165, 1.54) is 12.5 Å². The lowest BCUT2D eigenvalue weighted by Crippen LogP contribution is -2.37. The summed E-state index contributed by atoms with van der Waals surface area (Å²) in [7, 11) is 0. The maximum Gasteiger partial charge on any atom is 0.407 e. The average molecular weight is 273 g/mol. The number of nitrogens with one attached hydrogen (secondary N) is 1. The molecule has 0 spiro atoms. The van der Waals surface area contributed by atoms with E-state index in [2.05, 4.69) is 5.32 Å². The smallest absolute Gasteiger partial charge is 0.407 e. The van der Waals surface area contributed by atoms with E-state index in [1.807, 2.05) is 0 Å². The van der Waals surface area contributed by atoms with Crippen LogP contribution in [0.25, 0.3) is 0 Å². The van der Waals surface area contributed by atoms with Gasteiger partial charge in [0.1, 0.15) is 18.1 Å². The lowest BCUT2D eigenvalue weighted by molar-refractivity contribution is -0.135. The van der Waals surface area contributed by atoms with Crippen molar-refractivity contribution in [2.45, 2.75) is 58.0 Å². The van der Waals surface area contributed by atoms with Gasteiger partial charge in [-0.3, -0.25) is 0 Å². The Kier molecular flexibility index (Phi) is 5.05. The fraction of sp³-hybridized carbons (Fsp3) is 0.769. The van der Waals surface area contributed by atoms with Crippen LogP contribution in [-0.2, 0) is 14.2 Å². The Labute approximate surface area is 113 Å². The molecular formula is C13H23NO5. The lowest BCUT2D eigenvalue weighted by atomic mass is 10.1. The van der Waals surface area contributed by atoms with Gasteiger partial charge in [0.25, 0.3) is 0 Å². The molecule has 1 rings (SSSR count). The minimum Gasteiger partial charge on any atom is -0.457 e. The van der Waals surface area contributed by atoms with E-state index in [4.69, 9.17) is 14.2 Å². The van der Waals surface area contributed by atoms with Crippen molar-refractivity contribution in [2.24, 2.45) is 0 Å². The number of alkyl carbamates (subject to hydrolysis) is 1. The predicted octanol–water partition coefficient (Wildman–Crippen LogP) is 1.89. The van der Waals surface area contributed by atoms with Gasteiger partial charge in [0.2, 0.25) is 5.79 Å². The van der Waals surface area contributed by atoms with Crippen LogP contribution in [0.1, 0.15) is 40.5 Å². The second-order valence-corrected chi connectivity index (χ2v) is 5.72. The van der Waals surface area contributed by atoms with Gasteiger partial charge in [0, 0.05) is 19.9 Å². The van der Waals surface area contributed by atoms with Crippen LogP contribution in [0, 0.1) is 0 Å². The summed E-state index contributed by atoms with van der Waals surface area (Å²) in [5.74, 6) is -0.715. The lowest BCUT2D eigenvalue weighted by Gasteiger charge is -2.24. The van der Waals surface area contributed by atoms with Crippen molar-refractivity contribution in [2.75, 3.05) is 6.54 Å². The second-order valence-electron chi connectivity index (χ2n) is 5.72. The topological polar surface area (TPSA) is 77.0 Å². The molecule has 1 aliphatic rings. The van der Waals surface area contributed by atoms with Gasteiger partial charge in [-0.05, 0) is 27.2 Å². The molecule has 0 fully saturated rings. The first-order chi connectivity index (χ1) is 8.70. The molecule has 19 heavy (non-hydrogen) atoms. The molecule has 0 saturated carbocycles. The molecule has 1 heterocycles. The molecule has 1 unspecified atom stereocenters. The number of rotatable bonds is 5. The Balaban J connectivity index is 2.17. The van der Waals surface area contributed by atoms with Crippen LogP contribution in [0.15, 0.2) is 12.5 Å². The number of ether oxygens (including phenoxy) is 3. The monoisotopic (exact) mass is 273 g/mol. The van der Waals surface area contributed by atoms with Crippen LogP contribution >= 0.6 is 0 Å². The largest absolute Gasteiger partial charge is 0.457 e. The van der Waals surface area contributed by atoms with Gasteiger partial charge < -0.3 is 24.6 Å². The van der Waals surface area contributed by atoms with E-state index < -0.39 is 23.6 Å². The van der Waals surface area contributed by atoms with Crippen LogP contribution in [0.3, 0.4) is 0 Å². The van der Waals surface area contributed by atoms with Crippen LogP contribution in [0.5, 0.6) is 0 Å². The molecule has 0 aromatic carbocycles. The molecule has 0 aromatic heterocycles. The minimum absolute atomic E-state index is 0.137. The molecular weight excluding hydrogens is 250 g/mol. The van der Waals surface area contributed by atoms with Gasteiger partial charge in [0.15, 0.2) is 0 Å². The fourth-order valence-electron chi connectivity index (χ4n) is 1.54. The zero-order chi connectivity index (χ0) is 14.5. The molecule has 1 aliphatic heterocycles. The molecule has 0 radical (unpaired) electrons. The summed E-state index contributed by atoms with van der Waals surface area (Å²) < 4.78 is 15.6. The number of hydrogen-bond acceptors (Lipinski definition) is 5. The molecule has 6 nitrogen and oxygen atoms in total. The van der Waals surface area contributed by atoms with E-state index >= 15 is 0 Å². The first-order valence-electron chi connectivity index (χ1n) is 6.36. The SMILES string of the molecule is CC(C)(C)OC(=O)NCC(O)CCC1(C)OC=CO1. The Morgan fingerprint density at radius 3 is 2.53 bits per heavy atom. The van der Waals surface area contributed by atoms with Crippen molar-refractivity contribution >= 4 is 6.09 Å². The average Bonchev–Trinajstić information content (AvgIpc) is 2.69. The normalized spacial score (nSPS) is 18.4. The van der Waals surface area contributed by atoms with Gasteiger partial charge in [0.05, 0.1) is 6.10 Å². The quantitative estimate of drug-likeness (QED) is 0.800. The van der Waals surface area contributed by atoms with Crippen molar-refractivity contribution in [3.05, 3.63) is 12.5 Å². The summed E-state index contributed by atoms with van der Waals surface area (Å²) in [4.78, 5) is 11.4. The van der Waals surface area contributed by atoms with E-state index in [0.717, 1.165) is 0 Å². The van der Waals surface area contributed by atoms with Gasteiger partial charge in [-0.2, -0.15) is 0 Å². The highest BCUT2D eigenvalue weighted by molar-refractivity contribution is 5.67. The molecule has 0 bridgehead atoms. The molecule has 1 amide bonds. The van der Waals surface area contributed by atoms with E-state index in [0.29, 0.717) is 12.8 Å². The van der Waals surface area contributed by atoms with Gasteiger partial charge in [-0.15, -0.1) is 0 Å². The summed E-state index contributed by atoms with van der Waals surface area (Å²) in [5.41, 5.74) is -0.542. The third-order valence-electron chi connectivity index (χ3n) is 2.50. The molecule has 6 heteroatoms. The Bertz CT molecular complexity index is 326. The molecule has 0 aliphatic carbocycles. The number of aliphatic hydroxyl groups is 1. The zero-order valence-corrected chi connectivity index (χ0v) is 11.9. The maximum absolute atomic E-state index is 11.4. The molecule has 0 aromatic rings. The zero-order valence-electron chi connectivity index (χ0n) is 11.9. The number of amides is 1. The number of hydrogen-bond donors (Lipinski definition) is 2. The first kappa shape index (κ1) is 15.6. The van der Waals surface area contributed by atoms with Crippen LogP contribution in [0.4, 0.5) is 4.79 Å². The molecule has 110 valence electrons. The van der Waals surface area contributed by atoms with Crippen molar-refractivity contribution in [1.29, 1.82) is 0 Å². The van der Waals surface area contributed by atoms with Crippen molar-refractivity contribution in [3.63, 3.8) is 0 Å². The van der Waals surface area contributed by atoms with Crippen molar-refractivity contribution in [1.82, 2.24) is 5.32 Å². The van der Waals surface area contributed by atoms with E-state index in [1.54, 1.807) is 27.7 Å². The number of carbonyl (C=O) groups excluding carboxylic acids is 1. The Hall–Kier alpha value is -1.43. The standard InChI is InChI=1S/C13H23NO5/c1-12(2,3)19-11(16)14-9-10(15)5-6-13(4)17-7-8-18-13/h7-8,10,15H,5-6,9H2,1-4H3,(H,14,16). The highest BCUT2D eigenvalue weighted by atomic mass is 16.7. The summed E-state index contributed by atoms with van der Waals surface area (Å²) in [5, 5.41) is 12.3. The van der Waals surface area contributed by atoms with Gasteiger partial charge >= 0.3 is 6.09 Å². The van der Waals surface area contributed by atoms with Crippen LogP contribution in [0.2, 0.25) is 0 Å². The summed E-state index contributed by atoms with van der Waals surface area (Å²) in [6, 6.07) is 0. The maximum atomic E-state index is 11.4. The molecule has 2 N–H and O–H groups in total. The van der Waals surface area contributed by atoms with E-state index in [9.17, 15) is 9.90 Å². The number of aliphatic hydroxyl groups excluding tert-OH is 1. The van der Waals surface area contributed by atoms with Crippen LogP contribution in [-0.4, -0.2) is 35.2 Å². The fourth-order valence-corrected chi connectivity index (χ4v) is 1.54. The summed E-state index contributed by atoms with van der Waals surface area (Å²) >= 11 is 0. The predicted molar refractivity (Wildman–Crippen MR) is 69.2 cm³/mol. The van der Waals surface area contributed by atoms with Crippen LogP contribution < -0.4 is 5.32 Å². The molecule has 1 atom stereocenters. The third-order valence-corrected chi connectivity index (χ3v) is 2.50. The Morgan fingerprint density at radius 1 is 1.42 bits per heavy atom.